The summed E-state index contributed by atoms with van der Waals surface area (Å²) in [7, 11) is 0. The zero-order valence-corrected chi connectivity index (χ0v) is 20.6. The van der Waals surface area contributed by atoms with Crippen LogP contribution in [0.15, 0.2) is 66.7 Å². The van der Waals surface area contributed by atoms with Gasteiger partial charge in [0.2, 0.25) is 5.60 Å². The van der Waals surface area contributed by atoms with Gasteiger partial charge < -0.3 is 14.9 Å². The molecule has 194 valence electrons. The Morgan fingerprint density at radius 3 is 2.35 bits per heavy atom. The lowest BCUT2D eigenvalue weighted by Gasteiger charge is -2.43. The van der Waals surface area contributed by atoms with Crippen LogP contribution in [0.5, 0.6) is 5.75 Å². The van der Waals surface area contributed by atoms with Gasteiger partial charge in [-0.3, -0.25) is 9.63 Å². The summed E-state index contributed by atoms with van der Waals surface area (Å²) in [5, 5.41) is 23.2. The number of phenolic OH excluding ortho intramolecular Hbond substituents is 1. The number of esters is 1. The second kappa shape index (κ2) is 8.78. The van der Waals surface area contributed by atoms with E-state index in [1.807, 2.05) is 49.4 Å². The van der Waals surface area contributed by atoms with Crippen molar-refractivity contribution in [3.63, 3.8) is 0 Å². The van der Waals surface area contributed by atoms with Crippen LogP contribution >= 0.6 is 0 Å². The fraction of sp³-hybridized carbons (Fsp3) is 0.429. The standard InChI is InChI=1S/C28H29NO6.O2/c1-17-8-13-21-24(26(2)23(31)14-15-28(17,26)33)34-25(32)27(21)16-22(18-9-11-20(30)12-10-18)29(35-27)19-6-4-3-5-7-19;1-2/h3-7,9-12,14-15,17,21-22,24,30,33H,8,13,16H2,1-2H3;/t17-,21+,22?,24+,26-,27?,28+;/m0./s1. The maximum absolute atomic E-state index is 13.7. The highest BCUT2D eigenvalue weighted by Gasteiger charge is 2.74. The van der Waals surface area contributed by atoms with Gasteiger partial charge in [-0.2, -0.15) is 0 Å². The molecule has 2 aromatic carbocycles. The number of carbonyl (C=O) groups excluding carboxylic acids is 2. The van der Waals surface area contributed by atoms with E-state index in [-0.39, 0.29) is 23.5 Å². The van der Waals surface area contributed by atoms with E-state index in [2.05, 4.69) is 0 Å². The molecule has 2 aromatic rings. The van der Waals surface area contributed by atoms with Crippen LogP contribution in [0.1, 0.15) is 44.7 Å². The molecule has 2 saturated heterocycles. The molecule has 1 spiro atoms. The van der Waals surface area contributed by atoms with Crippen molar-refractivity contribution in [1.29, 1.82) is 0 Å². The number of aromatic hydroxyl groups is 1. The van der Waals surface area contributed by atoms with Gasteiger partial charge in [-0.1, -0.05) is 37.3 Å². The summed E-state index contributed by atoms with van der Waals surface area (Å²) in [5.41, 5.74) is -2.27. The number of hydrogen-bond donors (Lipinski definition) is 2. The van der Waals surface area contributed by atoms with E-state index in [0.29, 0.717) is 19.3 Å². The number of hydrogen-bond acceptors (Lipinski definition) is 9. The predicted octanol–water partition coefficient (Wildman–Crippen LogP) is 3.93. The van der Waals surface area contributed by atoms with Gasteiger partial charge in [-0.25, -0.2) is 9.86 Å². The molecule has 2 N–H and O–H groups in total. The van der Waals surface area contributed by atoms with Crippen LogP contribution in [-0.4, -0.2) is 39.3 Å². The van der Waals surface area contributed by atoms with Crippen molar-refractivity contribution in [2.45, 2.75) is 56.5 Å². The van der Waals surface area contributed by atoms with Gasteiger partial charge in [0.1, 0.15) is 17.5 Å². The monoisotopic (exact) mass is 507 g/mol. The molecule has 7 atom stereocenters. The van der Waals surface area contributed by atoms with Crippen LogP contribution < -0.4 is 5.06 Å². The number of para-hydroxylation sites is 1. The lowest BCUT2D eigenvalue weighted by molar-refractivity contribution is -0.169. The van der Waals surface area contributed by atoms with E-state index < -0.39 is 34.6 Å². The molecule has 4 aliphatic rings. The maximum atomic E-state index is 13.7. The largest absolute Gasteiger partial charge is 0.508 e. The fourth-order valence-electron chi connectivity index (χ4n) is 6.78. The number of benzene rings is 2. The molecule has 0 radical (unpaired) electrons. The van der Waals surface area contributed by atoms with E-state index in [4.69, 9.17) is 19.5 Å². The summed E-state index contributed by atoms with van der Waals surface area (Å²) < 4.78 is 6.02. The molecule has 9 nitrogen and oxygen atoms in total. The minimum Gasteiger partial charge on any atom is -0.508 e. The molecule has 2 unspecified atom stereocenters. The first-order valence-electron chi connectivity index (χ1n) is 12.4. The van der Waals surface area contributed by atoms with Crippen LogP contribution in [0, 0.1) is 27.2 Å². The summed E-state index contributed by atoms with van der Waals surface area (Å²) in [6, 6.07) is 16.2. The molecule has 2 aliphatic carbocycles. The SMILES string of the molecule is C[C@H]1CC[C@@H]2[C@@H](OC(=O)C23CC(c2ccc(O)cc2)N(c2ccccc2)O3)[C@]2(C)C(=O)C=C[C@@]12O.O=O. The molecule has 3 fully saturated rings. The number of ether oxygens (including phenoxy) is 1. The number of carbonyl (C=O) groups is 2. The Balaban J connectivity index is 0.00000137. The van der Waals surface area contributed by atoms with Gasteiger partial charge in [0, 0.05) is 22.3 Å². The normalized spacial score (nSPS) is 38.0. The first kappa shape index (κ1) is 25.1. The Morgan fingerprint density at radius 2 is 1.68 bits per heavy atom. The maximum Gasteiger partial charge on any atom is 0.342 e. The summed E-state index contributed by atoms with van der Waals surface area (Å²) in [4.78, 5) is 47.5. The van der Waals surface area contributed by atoms with Crippen molar-refractivity contribution in [3.8, 4) is 5.75 Å². The summed E-state index contributed by atoms with van der Waals surface area (Å²) in [5.74, 6) is -1.15. The molecular weight excluding hydrogens is 478 g/mol. The number of allylic oxidation sites excluding steroid dienone is 1. The van der Waals surface area contributed by atoms with Gasteiger partial charge in [-0.15, -0.1) is 0 Å². The van der Waals surface area contributed by atoms with Gasteiger partial charge in [0.15, 0.2) is 5.78 Å². The Hall–Kier alpha value is -3.56. The topological polar surface area (TPSA) is 130 Å². The van der Waals surface area contributed by atoms with Crippen molar-refractivity contribution in [2.24, 2.45) is 17.3 Å². The number of phenols is 1. The first-order chi connectivity index (χ1) is 17.7. The van der Waals surface area contributed by atoms with Crippen LogP contribution in [0.3, 0.4) is 0 Å². The minimum absolute atomic E-state index is 0.159. The third kappa shape index (κ3) is 3.37. The Kier molecular flexibility index (Phi) is 5.96. The lowest BCUT2D eigenvalue weighted by Crippen LogP contribution is -2.57. The number of anilines is 1. The zero-order chi connectivity index (χ0) is 26.6. The van der Waals surface area contributed by atoms with Crippen LogP contribution in [0.4, 0.5) is 5.69 Å². The van der Waals surface area contributed by atoms with E-state index in [1.165, 1.54) is 6.08 Å². The van der Waals surface area contributed by atoms with Crippen molar-refractivity contribution in [1.82, 2.24) is 0 Å². The highest BCUT2D eigenvalue weighted by Crippen LogP contribution is 2.61. The van der Waals surface area contributed by atoms with E-state index in [1.54, 1.807) is 30.2 Å². The number of ketones is 1. The van der Waals surface area contributed by atoms with E-state index in [0.717, 1.165) is 11.3 Å². The molecule has 2 heterocycles. The highest BCUT2D eigenvalue weighted by molar-refractivity contribution is 6.00. The molecule has 2 aliphatic heterocycles. The Labute approximate surface area is 213 Å². The van der Waals surface area contributed by atoms with E-state index >= 15 is 0 Å². The van der Waals surface area contributed by atoms with Crippen LogP contribution in [-0.2, 0) is 19.2 Å². The number of aliphatic hydroxyl groups is 1. The third-order valence-corrected chi connectivity index (χ3v) is 8.94. The van der Waals surface area contributed by atoms with Gasteiger partial charge >= 0.3 is 5.97 Å². The van der Waals surface area contributed by atoms with Crippen LogP contribution in [0.25, 0.3) is 0 Å². The Bertz CT molecular complexity index is 1230. The van der Waals surface area contributed by atoms with Crippen molar-refractivity contribution < 1.29 is 29.4 Å². The summed E-state index contributed by atoms with van der Waals surface area (Å²) in [6.45, 7) is 3.67. The number of fused-ring (bicyclic) bond motifs is 4. The predicted molar refractivity (Wildman–Crippen MR) is 134 cm³/mol. The molecular formula is C28H29NO8. The molecule has 37 heavy (non-hydrogen) atoms. The zero-order valence-electron chi connectivity index (χ0n) is 20.6. The number of nitrogens with zero attached hydrogens (tertiary/aromatic N) is 1. The Morgan fingerprint density at radius 1 is 1.00 bits per heavy atom. The summed E-state index contributed by atoms with van der Waals surface area (Å²) in [6.07, 6.45) is 3.76. The van der Waals surface area contributed by atoms with Crippen molar-refractivity contribution in [2.75, 3.05) is 5.06 Å². The van der Waals surface area contributed by atoms with Crippen molar-refractivity contribution >= 4 is 17.4 Å². The van der Waals surface area contributed by atoms with Crippen molar-refractivity contribution in [3.05, 3.63) is 82.2 Å². The molecule has 9 heteroatoms. The number of rotatable bonds is 2. The minimum atomic E-state index is -1.39. The van der Waals surface area contributed by atoms with E-state index in [9.17, 15) is 19.8 Å². The molecule has 0 amide bonds. The first-order valence-corrected chi connectivity index (χ1v) is 12.4. The molecule has 6 rings (SSSR count). The number of hydroxylamine groups is 1. The smallest absolute Gasteiger partial charge is 0.342 e. The second-order valence-electron chi connectivity index (χ2n) is 10.6. The summed E-state index contributed by atoms with van der Waals surface area (Å²) >= 11 is 0. The van der Waals surface area contributed by atoms with Gasteiger partial charge in [-0.05, 0) is 67.7 Å². The quantitative estimate of drug-likeness (QED) is 0.581. The third-order valence-electron chi connectivity index (χ3n) is 8.94. The van der Waals surface area contributed by atoms with Crippen LogP contribution in [0.2, 0.25) is 0 Å². The fourth-order valence-corrected chi connectivity index (χ4v) is 6.78. The van der Waals surface area contributed by atoms with Gasteiger partial charge in [0.05, 0.1) is 17.1 Å². The average Bonchev–Trinajstić information content (AvgIpc) is 3.51. The molecule has 0 aromatic heterocycles. The molecule has 1 saturated carbocycles. The highest BCUT2D eigenvalue weighted by atomic mass is 16.7. The lowest BCUT2D eigenvalue weighted by atomic mass is 9.63. The molecule has 0 bridgehead atoms. The second-order valence-corrected chi connectivity index (χ2v) is 10.6. The average molecular weight is 508 g/mol. The van der Waals surface area contributed by atoms with Gasteiger partial charge in [0.25, 0.3) is 0 Å².